The van der Waals surface area contributed by atoms with Crippen molar-refractivity contribution in [3.8, 4) is 28.4 Å². The number of carboxylic acid groups (broad SMARTS) is 4. The van der Waals surface area contributed by atoms with E-state index in [1.165, 1.54) is 0 Å². The monoisotopic (exact) mass is 1090 g/mol. The Balaban J connectivity index is 0.954. The number of ether oxygens (including phenoxy) is 2. The Morgan fingerprint density at radius 2 is 1.18 bits per heavy atom. The number of carbonyl (C=O) groups is 6. The van der Waals surface area contributed by atoms with Crippen molar-refractivity contribution >= 4 is 41.4 Å². The van der Waals surface area contributed by atoms with Gasteiger partial charge in [-0.2, -0.15) is 5.10 Å². The van der Waals surface area contributed by atoms with E-state index in [1.54, 1.807) is 51.6 Å². The van der Waals surface area contributed by atoms with Gasteiger partial charge in [0.05, 0.1) is 57.3 Å². The first-order chi connectivity index (χ1) is 37.3. The average molecular weight is 1090 g/mol. The SMILES string of the molecule is COc1cccc(OC)c1-c1cc(C(=O)NC2(C(=O)O)C3CC4CC(C3)CC2C4)nn1-c1ccc(NCCCN(C)CCCN(C)C(=O)CN2CCN(CC(=O)O)CCN(CC(=O)O)CCN(CC(=O)O)CC2)cc1C(C)C. The lowest BCUT2D eigenvalue weighted by molar-refractivity contribution is -0.163. The number of methoxy groups -OCH3 is 2. The number of likely N-dealkylation sites (N-methyl/N-ethyl adjacent to an activating group) is 1. The molecule has 4 bridgehead atoms. The molecule has 3 aromatic rings. The van der Waals surface area contributed by atoms with Crippen molar-refractivity contribution in [3.63, 3.8) is 0 Å². The standard InChI is InChI=1S/C56H82N10O12/c1-37(2)43-31-42(57-14-8-15-60(3)16-9-17-61(4)49(67)33-62-18-20-63(34-50(68)69)22-24-65(36-52(72)73)25-23-64(21-19-62)35-51(70)71)12-13-45(43)66-46(53-47(77-5)10-7-11-48(53)78-6)32-44(59-66)54(74)58-56(55(75)76)40-27-38-26-39(29-40)30-41(56)28-38/h7,10-13,31-32,37-41,57H,8-9,14-30,33-36H2,1-6H3,(H,58,74)(H,68,69)(H,70,71)(H,72,73)(H,75,76). The molecule has 1 aliphatic heterocycles. The number of nitrogens with one attached hydrogen (secondary N) is 2. The molecular formula is C56H82N10O12. The van der Waals surface area contributed by atoms with Crippen molar-refractivity contribution in [1.82, 2.24) is 44.5 Å². The molecule has 5 fully saturated rings. The number of aromatic nitrogens is 2. The summed E-state index contributed by atoms with van der Waals surface area (Å²) < 4.78 is 13.4. The highest BCUT2D eigenvalue weighted by Gasteiger charge is 2.62. The lowest BCUT2D eigenvalue weighted by Crippen LogP contribution is -2.70. The fourth-order valence-electron chi connectivity index (χ4n) is 12.6. The summed E-state index contributed by atoms with van der Waals surface area (Å²) in [5.74, 6) is -2.77. The molecule has 22 heteroatoms. The van der Waals surface area contributed by atoms with Gasteiger partial charge in [0.1, 0.15) is 17.0 Å². The lowest BCUT2D eigenvalue weighted by atomic mass is 9.48. The van der Waals surface area contributed by atoms with Crippen molar-refractivity contribution in [2.24, 2.45) is 23.7 Å². The number of amides is 2. The van der Waals surface area contributed by atoms with Gasteiger partial charge in [-0.3, -0.25) is 43.6 Å². The van der Waals surface area contributed by atoms with E-state index in [-0.39, 0.29) is 55.5 Å². The molecule has 2 heterocycles. The maximum absolute atomic E-state index is 14.5. The van der Waals surface area contributed by atoms with Gasteiger partial charge in [0.15, 0.2) is 5.69 Å². The van der Waals surface area contributed by atoms with Crippen LogP contribution in [0.1, 0.15) is 80.8 Å². The molecule has 0 atom stereocenters. The highest BCUT2D eigenvalue weighted by atomic mass is 16.5. The fraction of sp³-hybridized carbons (Fsp3) is 0.625. The first-order valence-corrected chi connectivity index (χ1v) is 27.5. The third kappa shape index (κ3) is 14.9. The van der Waals surface area contributed by atoms with E-state index < -0.39 is 35.3 Å². The minimum atomic E-state index is -1.34. The summed E-state index contributed by atoms with van der Waals surface area (Å²) in [6.45, 7) is 8.96. The minimum absolute atomic E-state index is 0.0378. The molecular weight excluding hydrogens is 1000 g/mol. The van der Waals surface area contributed by atoms with Crippen LogP contribution in [0.5, 0.6) is 11.5 Å². The normalized spacial score (nSPS) is 22.4. The van der Waals surface area contributed by atoms with Gasteiger partial charge < -0.3 is 50.3 Å². The predicted molar refractivity (Wildman–Crippen MR) is 293 cm³/mol. The first-order valence-electron chi connectivity index (χ1n) is 27.5. The molecule has 2 aromatic carbocycles. The van der Waals surface area contributed by atoms with E-state index in [0.29, 0.717) is 100 Å². The zero-order valence-corrected chi connectivity index (χ0v) is 46.3. The zero-order valence-electron chi connectivity index (χ0n) is 46.3. The molecule has 4 aliphatic carbocycles. The van der Waals surface area contributed by atoms with Gasteiger partial charge in [0.2, 0.25) is 5.91 Å². The van der Waals surface area contributed by atoms with E-state index in [9.17, 15) is 49.2 Å². The summed E-state index contributed by atoms with van der Waals surface area (Å²) in [4.78, 5) is 87.3. The molecule has 78 heavy (non-hydrogen) atoms. The third-order valence-corrected chi connectivity index (χ3v) is 16.5. The van der Waals surface area contributed by atoms with Crippen molar-refractivity contribution in [2.75, 3.05) is 138 Å². The number of hydrogen-bond donors (Lipinski definition) is 6. The molecule has 0 radical (unpaired) electrons. The second kappa shape index (κ2) is 27.0. The highest BCUT2D eigenvalue weighted by Crippen LogP contribution is 2.58. The Labute approximate surface area is 457 Å². The van der Waals surface area contributed by atoms with Gasteiger partial charge in [0, 0.05) is 78.2 Å². The highest BCUT2D eigenvalue weighted by molar-refractivity contribution is 5.98. The van der Waals surface area contributed by atoms with Gasteiger partial charge in [-0.15, -0.1) is 0 Å². The van der Waals surface area contributed by atoms with Crippen LogP contribution in [-0.4, -0.2) is 234 Å². The maximum Gasteiger partial charge on any atom is 0.330 e. The van der Waals surface area contributed by atoms with Crippen LogP contribution in [0.4, 0.5) is 5.69 Å². The molecule has 428 valence electrons. The average Bonchev–Trinajstić information content (AvgIpc) is 3.85. The van der Waals surface area contributed by atoms with Crippen LogP contribution in [0.15, 0.2) is 42.5 Å². The minimum Gasteiger partial charge on any atom is -0.496 e. The second-order valence-electron chi connectivity index (χ2n) is 22.3. The fourth-order valence-corrected chi connectivity index (χ4v) is 12.6. The Kier molecular flexibility index (Phi) is 20.6. The number of carbonyl (C=O) groups excluding carboxylic acids is 2. The van der Waals surface area contributed by atoms with E-state index in [1.807, 2.05) is 42.3 Å². The quantitative estimate of drug-likeness (QED) is 0.0660. The number of carboxylic acids is 4. The number of hydrogen-bond acceptors (Lipinski definition) is 15. The summed E-state index contributed by atoms with van der Waals surface area (Å²) in [6.07, 6.45) is 5.94. The molecule has 6 N–H and O–H groups in total. The van der Waals surface area contributed by atoms with Crippen LogP contribution in [0.2, 0.25) is 0 Å². The molecule has 0 unspecified atom stereocenters. The van der Waals surface area contributed by atoms with Gasteiger partial charge in [-0.1, -0.05) is 19.9 Å². The van der Waals surface area contributed by atoms with Crippen LogP contribution >= 0.6 is 0 Å². The van der Waals surface area contributed by atoms with Crippen LogP contribution in [0, 0.1) is 23.7 Å². The molecule has 4 saturated carbocycles. The van der Waals surface area contributed by atoms with E-state index in [0.717, 1.165) is 75.0 Å². The van der Waals surface area contributed by atoms with Crippen molar-refractivity contribution in [3.05, 3.63) is 53.7 Å². The van der Waals surface area contributed by atoms with Crippen molar-refractivity contribution in [1.29, 1.82) is 0 Å². The molecule has 8 rings (SSSR count). The van der Waals surface area contributed by atoms with Gasteiger partial charge in [-0.05, 0) is 137 Å². The predicted octanol–water partition coefficient (Wildman–Crippen LogP) is 3.75. The summed E-state index contributed by atoms with van der Waals surface area (Å²) in [6, 6.07) is 13.3. The van der Waals surface area contributed by atoms with Crippen molar-refractivity contribution in [2.45, 2.75) is 70.3 Å². The summed E-state index contributed by atoms with van der Waals surface area (Å²) in [7, 11) is 6.97. The van der Waals surface area contributed by atoms with Crippen LogP contribution in [-0.2, 0) is 24.0 Å². The molecule has 1 saturated heterocycles. The second-order valence-corrected chi connectivity index (χ2v) is 22.3. The maximum atomic E-state index is 14.5. The topological polar surface area (TPSA) is 263 Å². The van der Waals surface area contributed by atoms with Crippen LogP contribution in [0.3, 0.4) is 0 Å². The van der Waals surface area contributed by atoms with Crippen molar-refractivity contribution < 1.29 is 58.7 Å². The first kappa shape index (κ1) is 59.3. The van der Waals surface area contributed by atoms with Crippen LogP contribution < -0.4 is 20.1 Å². The number of rotatable bonds is 25. The summed E-state index contributed by atoms with van der Waals surface area (Å²) in [5.41, 5.74) is 2.55. The Morgan fingerprint density at radius 1 is 0.679 bits per heavy atom. The number of aliphatic carboxylic acids is 4. The number of nitrogens with zero attached hydrogens (tertiary/aromatic N) is 8. The Bertz CT molecular complexity index is 2510. The van der Waals surface area contributed by atoms with E-state index in [4.69, 9.17) is 14.6 Å². The Hall–Kier alpha value is -6.33. The summed E-state index contributed by atoms with van der Waals surface area (Å²) in [5, 5.41) is 51.1. The third-order valence-electron chi connectivity index (χ3n) is 16.5. The van der Waals surface area contributed by atoms with Crippen LogP contribution in [0.25, 0.3) is 16.9 Å². The molecule has 1 aromatic heterocycles. The summed E-state index contributed by atoms with van der Waals surface area (Å²) >= 11 is 0. The Morgan fingerprint density at radius 3 is 1.65 bits per heavy atom. The zero-order chi connectivity index (χ0) is 56.3. The largest absolute Gasteiger partial charge is 0.496 e. The number of benzene rings is 2. The molecule has 5 aliphatic rings. The van der Waals surface area contributed by atoms with Gasteiger partial charge in [-0.25, -0.2) is 9.48 Å². The smallest absolute Gasteiger partial charge is 0.330 e. The molecule has 2 amide bonds. The lowest BCUT2D eigenvalue weighted by Gasteiger charge is -2.59. The van der Waals surface area contributed by atoms with E-state index in [2.05, 4.69) is 35.4 Å². The van der Waals surface area contributed by atoms with E-state index >= 15 is 0 Å². The number of anilines is 1. The molecule has 0 spiro atoms. The van der Waals surface area contributed by atoms with Gasteiger partial charge in [0.25, 0.3) is 5.91 Å². The van der Waals surface area contributed by atoms with Gasteiger partial charge >= 0.3 is 23.9 Å². The molecule has 22 nitrogen and oxygen atoms in total.